The molecule has 0 radical (unpaired) electrons. The van der Waals surface area contributed by atoms with Gasteiger partial charge in [0.15, 0.2) is 0 Å². The quantitative estimate of drug-likeness (QED) is 0.558. The number of hydrazone groups is 1. The van der Waals surface area contributed by atoms with Crippen molar-refractivity contribution in [2.45, 2.75) is 0 Å². The Morgan fingerprint density at radius 1 is 1.35 bits per heavy atom. The van der Waals surface area contributed by atoms with Crippen LogP contribution in [0.1, 0.15) is 15.9 Å². The van der Waals surface area contributed by atoms with E-state index in [1.165, 1.54) is 0 Å². The van der Waals surface area contributed by atoms with E-state index in [-0.39, 0.29) is 5.91 Å². The van der Waals surface area contributed by atoms with E-state index in [0.29, 0.717) is 5.56 Å². The number of benzene rings is 1. The molecule has 0 saturated heterocycles. The molecule has 2 N–H and O–H groups in total. The predicted molar refractivity (Wildman–Crippen MR) is 75.4 cm³/mol. The summed E-state index contributed by atoms with van der Waals surface area (Å²) in [5.74, 6) is -0.276. The van der Waals surface area contributed by atoms with Gasteiger partial charge >= 0.3 is 0 Å². The van der Waals surface area contributed by atoms with Crippen LogP contribution < -0.4 is 5.43 Å². The molecule has 0 aliphatic carbocycles. The topological polar surface area (TPSA) is 83.0 Å². The molecule has 0 bridgehead atoms. The molecule has 2 heterocycles. The lowest BCUT2D eigenvalue weighted by molar-refractivity contribution is 0.0955. The van der Waals surface area contributed by atoms with Crippen molar-refractivity contribution >= 4 is 23.2 Å². The van der Waals surface area contributed by atoms with Crippen molar-refractivity contribution in [1.82, 2.24) is 20.4 Å². The third-order valence-corrected chi connectivity index (χ3v) is 2.75. The van der Waals surface area contributed by atoms with Gasteiger partial charge in [0.2, 0.25) is 0 Å². The number of rotatable bonds is 3. The molecule has 1 aromatic carbocycles. The molecule has 0 unspecified atom stereocenters. The fourth-order valence-corrected chi connectivity index (χ4v) is 1.76. The molecule has 6 heteroatoms. The highest BCUT2D eigenvalue weighted by atomic mass is 16.2. The second kappa shape index (κ2) is 5.31. The second-order valence-corrected chi connectivity index (χ2v) is 4.12. The Bertz CT molecular complexity index is 763. The number of carbonyl (C=O) groups excluding carboxylic acids is 1. The molecule has 3 rings (SSSR count). The molecule has 0 aliphatic rings. The van der Waals surface area contributed by atoms with Crippen LogP contribution in [0.2, 0.25) is 0 Å². The molecule has 3 aromatic rings. The second-order valence-electron chi connectivity index (χ2n) is 4.12. The molecular formula is C14H11N5O. The molecule has 0 atom stereocenters. The zero-order valence-electron chi connectivity index (χ0n) is 10.4. The highest BCUT2D eigenvalue weighted by Gasteiger charge is 2.05. The highest BCUT2D eigenvalue weighted by Crippen LogP contribution is 2.11. The fraction of sp³-hybridized carbons (Fsp3) is 0. The number of nitrogens with one attached hydrogen (secondary N) is 2. The summed E-state index contributed by atoms with van der Waals surface area (Å²) < 4.78 is 0. The van der Waals surface area contributed by atoms with Crippen LogP contribution >= 0.6 is 0 Å². The SMILES string of the molecule is O=C(N/N=C/c1cccnc1)c1ccc2nc[nH]c2c1. The summed E-state index contributed by atoms with van der Waals surface area (Å²) in [6.45, 7) is 0. The molecule has 98 valence electrons. The summed E-state index contributed by atoms with van der Waals surface area (Å²) >= 11 is 0. The van der Waals surface area contributed by atoms with Gasteiger partial charge in [-0.2, -0.15) is 5.10 Å². The fourth-order valence-electron chi connectivity index (χ4n) is 1.76. The van der Waals surface area contributed by atoms with Gasteiger partial charge in [-0.05, 0) is 24.3 Å². The van der Waals surface area contributed by atoms with Gasteiger partial charge in [-0.3, -0.25) is 9.78 Å². The zero-order chi connectivity index (χ0) is 13.8. The first-order chi connectivity index (χ1) is 9.83. The third kappa shape index (κ3) is 2.54. The number of pyridine rings is 1. The van der Waals surface area contributed by atoms with Gasteiger partial charge in [0.1, 0.15) is 0 Å². The smallest absolute Gasteiger partial charge is 0.271 e. The maximum absolute atomic E-state index is 11.9. The number of amides is 1. The average molecular weight is 265 g/mol. The molecule has 6 nitrogen and oxygen atoms in total. The van der Waals surface area contributed by atoms with Crippen molar-refractivity contribution < 1.29 is 4.79 Å². The lowest BCUT2D eigenvalue weighted by Crippen LogP contribution is -2.17. The van der Waals surface area contributed by atoms with Crippen molar-refractivity contribution in [3.63, 3.8) is 0 Å². The Balaban J connectivity index is 1.71. The molecule has 20 heavy (non-hydrogen) atoms. The lowest BCUT2D eigenvalue weighted by Gasteiger charge is -1.99. The Labute approximate surface area is 114 Å². The normalized spacial score (nSPS) is 11.0. The minimum absolute atomic E-state index is 0.276. The van der Waals surface area contributed by atoms with Gasteiger partial charge in [0.05, 0.1) is 23.6 Å². The van der Waals surface area contributed by atoms with E-state index in [4.69, 9.17) is 0 Å². The number of imidazole rings is 1. The largest absolute Gasteiger partial charge is 0.345 e. The highest BCUT2D eigenvalue weighted by molar-refractivity contribution is 5.97. The first-order valence-electron chi connectivity index (χ1n) is 5.99. The summed E-state index contributed by atoms with van der Waals surface area (Å²) in [5, 5.41) is 3.90. The van der Waals surface area contributed by atoms with Crippen LogP contribution in [0.3, 0.4) is 0 Å². The summed E-state index contributed by atoms with van der Waals surface area (Å²) in [5.41, 5.74) is 5.44. The minimum atomic E-state index is -0.276. The molecular weight excluding hydrogens is 254 g/mol. The van der Waals surface area contributed by atoms with Crippen LogP contribution in [0.25, 0.3) is 11.0 Å². The number of H-pyrrole nitrogens is 1. The number of hydrogen-bond acceptors (Lipinski definition) is 4. The van der Waals surface area contributed by atoms with E-state index >= 15 is 0 Å². The number of hydrogen-bond donors (Lipinski definition) is 2. The Morgan fingerprint density at radius 3 is 3.15 bits per heavy atom. The predicted octanol–water partition coefficient (Wildman–Crippen LogP) is 1.72. The van der Waals surface area contributed by atoms with Crippen molar-refractivity contribution in [2.24, 2.45) is 5.10 Å². The van der Waals surface area contributed by atoms with E-state index in [2.05, 4.69) is 25.5 Å². The van der Waals surface area contributed by atoms with Gasteiger partial charge < -0.3 is 4.98 Å². The van der Waals surface area contributed by atoms with E-state index in [0.717, 1.165) is 16.6 Å². The van der Waals surface area contributed by atoms with Gasteiger partial charge in [-0.15, -0.1) is 0 Å². The summed E-state index contributed by atoms with van der Waals surface area (Å²) in [4.78, 5) is 22.9. The van der Waals surface area contributed by atoms with E-state index in [1.54, 1.807) is 49.2 Å². The first-order valence-corrected chi connectivity index (χ1v) is 5.99. The van der Waals surface area contributed by atoms with Crippen LogP contribution in [0, 0.1) is 0 Å². The van der Waals surface area contributed by atoms with Crippen LogP contribution in [-0.4, -0.2) is 27.1 Å². The van der Waals surface area contributed by atoms with Gasteiger partial charge in [-0.25, -0.2) is 10.4 Å². The summed E-state index contributed by atoms with van der Waals surface area (Å²) in [6, 6.07) is 8.87. The third-order valence-electron chi connectivity index (χ3n) is 2.75. The van der Waals surface area contributed by atoms with Crippen molar-refractivity contribution in [2.75, 3.05) is 0 Å². The Hall–Kier alpha value is -3.02. The van der Waals surface area contributed by atoms with Crippen molar-refractivity contribution in [1.29, 1.82) is 0 Å². The van der Waals surface area contributed by atoms with Crippen LogP contribution in [0.15, 0.2) is 54.2 Å². The first kappa shape index (κ1) is 12.0. The standard InChI is InChI=1S/C14H11N5O/c20-14(19-18-8-10-2-1-5-15-7-10)11-3-4-12-13(6-11)17-9-16-12/h1-9H,(H,16,17)(H,19,20)/b18-8+. The average Bonchev–Trinajstić information content (AvgIpc) is 2.95. The number of aromatic nitrogens is 3. The number of carbonyl (C=O) groups is 1. The molecule has 0 spiro atoms. The number of aromatic amines is 1. The number of nitrogens with zero attached hydrogens (tertiary/aromatic N) is 3. The van der Waals surface area contributed by atoms with Crippen molar-refractivity contribution in [3.8, 4) is 0 Å². The van der Waals surface area contributed by atoms with Gasteiger partial charge in [0, 0.05) is 23.5 Å². The maximum atomic E-state index is 11.9. The Morgan fingerprint density at radius 2 is 2.30 bits per heavy atom. The van der Waals surface area contributed by atoms with Gasteiger partial charge in [0.25, 0.3) is 5.91 Å². The summed E-state index contributed by atoms with van der Waals surface area (Å²) in [6.07, 6.45) is 6.47. The van der Waals surface area contributed by atoms with Gasteiger partial charge in [-0.1, -0.05) is 6.07 Å². The molecule has 0 fully saturated rings. The molecule has 1 amide bonds. The maximum Gasteiger partial charge on any atom is 0.271 e. The molecule has 0 saturated carbocycles. The lowest BCUT2D eigenvalue weighted by atomic mass is 10.2. The molecule has 0 aliphatic heterocycles. The van der Waals surface area contributed by atoms with Crippen LogP contribution in [0.5, 0.6) is 0 Å². The van der Waals surface area contributed by atoms with E-state index in [9.17, 15) is 4.79 Å². The van der Waals surface area contributed by atoms with Crippen molar-refractivity contribution in [3.05, 3.63) is 60.2 Å². The zero-order valence-corrected chi connectivity index (χ0v) is 10.4. The van der Waals surface area contributed by atoms with Crippen LogP contribution in [-0.2, 0) is 0 Å². The Kier molecular flexibility index (Phi) is 3.20. The molecule has 2 aromatic heterocycles. The van der Waals surface area contributed by atoms with E-state index < -0.39 is 0 Å². The summed E-state index contributed by atoms with van der Waals surface area (Å²) in [7, 11) is 0. The van der Waals surface area contributed by atoms with Crippen LogP contribution in [0.4, 0.5) is 0 Å². The monoisotopic (exact) mass is 265 g/mol. The van der Waals surface area contributed by atoms with E-state index in [1.807, 2.05) is 6.07 Å². The minimum Gasteiger partial charge on any atom is -0.345 e. The number of fused-ring (bicyclic) bond motifs is 1.